The third-order valence-corrected chi connectivity index (χ3v) is 7.07. The first kappa shape index (κ1) is 32.1. The van der Waals surface area contributed by atoms with E-state index in [9.17, 15) is 33.0 Å². The number of carbonyl (C=O) groups excluding carboxylic acids is 2. The van der Waals surface area contributed by atoms with Crippen LogP contribution in [0.1, 0.15) is 23.2 Å². The molecule has 2 heterocycles. The summed E-state index contributed by atoms with van der Waals surface area (Å²) in [7, 11) is 0. The van der Waals surface area contributed by atoms with Gasteiger partial charge >= 0.3 is 18.2 Å². The molecule has 2 fully saturated rings. The maximum atomic E-state index is 12.7. The van der Waals surface area contributed by atoms with Crippen molar-refractivity contribution in [1.29, 1.82) is 0 Å². The summed E-state index contributed by atoms with van der Waals surface area (Å²) in [6.45, 7) is 1.99. The first-order valence-corrected chi connectivity index (χ1v) is 13.0. The number of urea groups is 1. The van der Waals surface area contributed by atoms with Crippen molar-refractivity contribution in [3.05, 3.63) is 52.0 Å². The molecule has 2 aromatic rings. The van der Waals surface area contributed by atoms with E-state index in [-0.39, 0.29) is 28.8 Å². The third kappa shape index (κ3) is 8.76. The minimum atomic E-state index is -5.08. The van der Waals surface area contributed by atoms with Gasteiger partial charge in [-0.3, -0.25) is 4.79 Å². The largest absolute Gasteiger partial charge is 0.506 e. The van der Waals surface area contributed by atoms with Gasteiger partial charge in [0.2, 0.25) is 0 Å². The van der Waals surface area contributed by atoms with Crippen LogP contribution < -0.4 is 21.3 Å². The van der Waals surface area contributed by atoms with Crippen LogP contribution in [0.15, 0.2) is 36.4 Å². The number of aliphatic carboxylic acids is 1. The number of rotatable bonds is 5. The molecule has 2 aliphatic rings. The third-order valence-electron chi connectivity index (χ3n) is 6.52. The van der Waals surface area contributed by atoms with Gasteiger partial charge in [-0.1, -0.05) is 23.2 Å². The van der Waals surface area contributed by atoms with Crippen molar-refractivity contribution in [2.45, 2.75) is 37.2 Å². The quantitative estimate of drug-likeness (QED) is 0.276. The Balaban J connectivity index is 0.000000587. The second-order valence-electron chi connectivity index (χ2n) is 9.43. The van der Waals surface area contributed by atoms with Crippen molar-refractivity contribution in [2.24, 2.45) is 5.73 Å². The summed E-state index contributed by atoms with van der Waals surface area (Å²) in [4.78, 5) is 36.7. The van der Waals surface area contributed by atoms with Crippen molar-refractivity contribution in [3.8, 4) is 5.75 Å². The number of carboxylic acid groups (broad SMARTS) is 1. The number of carbonyl (C=O) groups is 3. The lowest BCUT2D eigenvalue weighted by atomic mass is 10.0. The highest BCUT2D eigenvalue weighted by Crippen LogP contribution is 2.37. The van der Waals surface area contributed by atoms with Crippen LogP contribution in [0.25, 0.3) is 0 Å². The number of benzene rings is 2. The lowest BCUT2D eigenvalue weighted by molar-refractivity contribution is -0.192. The van der Waals surface area contributed by atoms with Crippen LogP contribution in [0.2, 0.25) is 10.0 Å². The molecule has 0 aromatic heterocycles. The molecule has 2 aliphatic heterocycles. The van der Waals surface area contributed by atoms with E-state index >= 15 is 0 Å². The molecule has 7 N–H and O–H groups in total. The normalized spacial score (nSPS) is 19.4. The summed E-state index contributed by atoms with van der Waals surface area (Å²) in [5.74, 6) is -2.90. The van der Waals surface area contributed by atoms with Gasteiger partial charge in [0, 0.05) is 48.9 Å². The number of anilines is 2. The molecule has 41 heavy (non-hydrogen) atoms. The number of aliphatic hydroxyl groups excluding tert-OH is 1. The van der Waals surface area contributed by atoms with E-state index < -0.39 is 24.3 Å². The van der Waals surface area contributed by atoms with Crippen LogP contribution in [-0.2, 0) is 4.79 Å². The number of nitrogens with two attached hydrogens (primary N) is 1. The van der Waals surface area contributed by atoms with E-state index in [1.165, 1.54) is 12.1 Å². The number of β-amino-alcohol motifs (C(OH)–C–C–N with tert-alkyl or cyclic N) is 1. The molecule has 2 saturated heterocycles. The highest BCUT2D eigenvalue weighted by molar-refractivity contribution is 6.32. The number of piperidine rings is 1. The Morgan fingerprint density at radius 3 is 2.15 bits per heavy atom. The fraction of sp³-hybridized carbons (Fsp3) is 0.400. The molecule has 3 amide bonds. The van der Waals surface area contributed by atoms with E-state index in [0.717, 1.165) is 12.8 Å². The molecule has 2 atom stereocenters. The van der Waals surface area contributed by atoms with Gasteiger partial charge in [-0.2, -0.15) is 13.2 Å². The molecule has 0 bridgehead atoms. The zero-order chi connectivity index (χ0) is 30.5. The summed E-state index contributed by atoms with van der Waals surface area (Å²) in [6.07, 6.45) is -4.22. The zero-order valence-corrected chi connectivity index (χ0v) is 22.9. The van der Waals surface area contributed by atoms with Crippen LogP contribution in [-0.4, -0.2) is 88.7 Å². The van der Waals surface area contributed by atoms with Crippen LogP contribution in [0.5, 0.6) is 5.75 Å². The van der Waals surface area contributed by atoms with Crippen LogP contribution in [0, 0.1) is 0 Å². The number of halogens is 5. The van der Waals surface area contributed by atoms with E-state index in [1.54, 1.807) is 24.3 Å². The first-order valence-electron chi connectivity index (χ1n) is 12.3. The number of phenolic OH excluding ortho intramolecular Hbond substituents is 1. The molecule has 0 saturated carbocycles. The summed E-state index contributed by atoms with van der Waals surface area (Å²) in [5.41, 5.74) is 6.76. The van der Waals surface area contributed by atoms with Crippen LogP contribution in [0.3, 0.4) is 0 Å². The average molecular weight is 622 g/mol. The molecule has 2 aromatic carbocycles. The molecule has 0 spiro atoms. The number of phenols is 1. The molecule has 224 valence electrons. The fourth-order valence-electron chi connectivity index (χ4n) is 4.52. The van der Waals surface area contributed by atoms with Crippen LogP contribution in [0.4, 0.5) is 29.3 Å². The van der Waals surface area contributed by atoms with Crippen molar-refractivity contribution in [1.82, 2.24) is 10.2 Å². The summed E-state index contributed by atoms with van der Waals surface area (Å²) >= 11 is 11.9. The standard InChI is InChI=1S/C23H27Cl2N5O4.C2HF3O2/c24-14-3-1-13(2-4-14)22(33)29-7-5-15(6-8-29)27-18-11-30(12-21(18)32)19-10-20(31)16(25)9-17(19)28-23(26)34;3-2(4,5)1(6)7/h1-4,9-10,15,18,21,27,31-32H,5-8,11-12H2,(H3,26,28,34);(H,6,7). The predicted octanol–water partition coefficient (Wildman–Crippen LogP) is 3.27. The van der Waals surface area contributed by atoms with E-state index in [2.05, 4.69) is 10.6 Å². The average Bonchev–Trinajstić information content (AvgIpc) is 3.25. The highest BCUT2D eigenvalue weighted by atomic mass is 35.5. The summed E-state index contributed by atoms with van der Waals surface area (Å²) in [5, 5.41) is 34.6. The molecular weight excluding hydrogens is 594 g/mol. The second kappa shape index (κ2) is 13.5. The molecule has 16 heteroatoms. The Labute approximate surface area is 242 Å². The number of amides is 3. The van der Waals surface area contributed by atoms with Gasteiger partial charge in [0.15, 0.2) is 0 Å². The number of carboxylic acids is 1. The van der Waals surface area contributed by atoms with E-state index in [1.807, 2.05) is 9.80 Å². The number of likely N-dealkylation sites (tertiary alicyclic amines) is 1. The molecule has 0 radical (unpaired) electrons. The number of aromatic hydroxyl groups is 1. The Hall–Kier alpha value is -3.46. The van der Waals surface area contributed by atoms with Crippen molar-refractivity contribution < 1.29 is 42.9 Å². The van der Waals surface area contributed by atoms with Gasteiger partial charge in [0.25, 0.3) is 5.91 Å². The second-order valence-corrected chi connectivity index (χ2v) is 10.3. The minimum Gasteiger partial charge on any atom is -0.506 e. The van der Waals surface area contributed by atoms with Gasteiger partial charge in [-0.15, -0.1) is 0 Å². The number of nitrogens with zero attached hydrogens (tertiary/aromatic N) is 2. The van der Waals surface area contributed by atoms with Gasteiger partial charge in [-0.05, 0) is 43.2 Å². The van der Waals surface area contributed by atoms with Gasteiger partial charge in [0.05, 0.1) is 28.5 Å². The van der Waals surface area contributed by atoms with E-state index in [4.69, 9.17) is 38.8 Å². The Morgan fingerprint density at radius 2 is 1.61 bits per heavy atom. The topological polar surface area (TPSA) is 168 Å². The molecule has 2 unspecified atom stereocenters. The summed E-state index contributed by atoms with van der Waals surface area (Å²) in [6, 6.07) is 8.93. The minimum absolute atomic E-state index is 0.0146. The van der Waals surface area contributed by atoms with E-state index in [0.29, 0.717) is 48.1 Å². The Kier molecular flexibility index (Phi) is 10.5. The Morgan fingerprint density at radius 1 is 1.02 bits per heavy atom. The van der Waals surface area contributed by atoms with Crippen molar-refractivity contribution >= 4 is 52.5 Å². The molecular formula is C25H28Cl2F3N5O6. The van der Waals surface area contributed by atoms with Crippen LogP contribution >= 0.6 is 23.2 Å². The monoisotopic (exact) mass is 621 g/mol. The SMILES string of the molecule is NC(=O)Nc1cc(Cl)c(O)cc1N1CC(O)C(NC2CCN(C(=O)c3ccc(Cl)cc3)CC2)C1.O=C(O)C(F)(F)F. The fourth-order valence-corrected chi connectivity index (χ4v) is 4.81. The maximum Gasteiger partial charge on any atom is 0.490 e. The highest BCUT2D eigenvalue weighted by Gasteiger charge is 2.38. The zero-order valence-electron chi connectivity index (χ0n) is 21.4. The lowest BCUT2D eigenvalue weighted by Crippen LogP contribution is -2.50. The van der Waals surface area contributed by atoms with Crippen molar-refractivity contribution in [2.75, 3.05) is 36.4 Å². The van der Waals surface area contributed by atoms with Gasteiger partial charge in [0.1, 0.15) is 5.75 Å². The number of alkyl halides is 3. The molecule has 0 aliphatic carbocycles. The number of primary amides is 1. The molecule has 4 rings (SSSR count). The van der Waals surface area contributed by atoms with Gasteiger partial charge in [-0.25, -0.2) is 9.59 Å². The lowest BCUT2D eigenvalue weighted by Gasteiger charge is -2.34. The number of hydrogen-bond donors (Lipinski definition) is 6. The maximum absolute atomic E-state index is 12.7. The predicted molar refractivity (Wildman–Crippen MR) is 146 cm³/mol. The number of hydrogen-bond acceptors (Lipinski definition) is 7. The Bertz CT molecular complexity index is 1260. The molecule has 11 nitrogen and oxygen atoms in total. The summed E-state index contributed by atoms with van der Waals surface area (Å²) < 4.78 is 31.7. The number of aliphatic hydroxyl groups is 1. The van der Waals surface area contributed by atoms with Crippen molar-refractivity contribution in [3.63, 3.8) is 0 Å². The smallest absolute Gasteiger partial charge is 0.490 e. The number of nitrogens with one attached hydrogen (secondary N) is 2. The van der Waals surface area contributed by atoms with Gasteiger partial charge < -0.3 is 41.5 Å². The first-order chi connectivity index (χ1) is 19.1.